The number of ether oxygens (including phenoxy) is 1. The number of benzene rings is 1. The highest BCUT2D eigenvalue weighted by Gasteiger charge is 2.41. The quantitative estimate of drug-likeness (QED) is 0.895. The summed E-state index contributed by atoms with van der Waals surface area (Å²) < 4.78 is 33.8. The summed E-state index contributed by atoms with van der Waals surface area (Å²) in [5, 5.41) is 2.92. The van der Waals surface area contributed by atoms with Crippen LogP contribution in [0.4, 0.5) is 8.78 Å². The molecule has 1 heterocycles. The summed E-state index contributed by atoms with van der Waals surface area (Å²) in [5.41, 5.74) is 0.811. The molecule has 1 aliphatic rings. The molecule has 0 aromatic heterocycles. The molecule has 1 aromatic rings. The first-order valence-electron chi connectivity index (χ1n) is 6.32. The van der Waals surface area contributed by atoms with Gasteiger partial charge in [-0.1, -0.05) is 6.42 Å². The SMILES string of the molecule is COc1ccc(C(F)(F)C2CCCCN2)cc1C. The lowest BCUT2D eigenvalue weighted by Crippen LogP contribution is -2.45. The average molecular weight is 255 g/mol. The first-order chi connectivity index (χ1) is 8.55. The highest BCUT2D eigenvalue weighted by Crippen LogP contribution is 2.36. The summed E-state index contributed by atoms with van der Waals surface area (Å²) in [6.45, 7) is 2.46. The molecule has 1 aromatic carbocycles. The van der Waals surface area contributed by atoms with E-state index in [0.29, 0.717) is 18.7 Å². The van der Waals surface area contributed by atoms with Crippen molar-refractivity contribution in [3.05, 3.63) is 29.3 Å². The van der Waals surface area contributed by atoms with Crippen LogP contribution in [0.2, 0.25) is 0 Å². The molecular formula is C14H19F2NO. The fraction of sp³-hybridized carbons (Fsp3) is 0.571. The topological polar surface area (TPSA) is 21.3 Å². The molecule has 0 bridgehead atoms. The molecule has 1 saturated heterocycles. The van der Waals surface area contributed by atoms with E-state index in [9.17, 15) is 8.78 Å². The van der Waals surface area contributed by atoms with Gasteiger partial charge in [-0.3, -0.25) is 0 Å². The molecule has 1 aliphatic heterocycles. The Kier molecular flexibility index (Phi) is 3.85. The van der Waals surface area contributed by atoms with E-state index in [-0.39, 0.29) is 5.56 Å². The molecule has 0 aliphatic carbocycles. The van der Waals surface area contributed by atoms with E-state index >= 15 is 0 Å². The first kappa shape index (κ1) is 13.3. The second-order valence-electron chi connectivity index (χ2n) is 4.81. The number of rotatable bonds is 3. The van der Waals surface area contributed by atoms with Crippen molar-refractivity contribution < 1.29 is 13.5 Å². The van der Waals surface area contributed by atoms with Crippen LogP contribution >= 0.6 is 0 Å². The summed E-state index contributed by atoms with van der Waals surface area (Å²) in [6, 6.07) is 3.84. The van der Waals surface area contributed by atoms with Gasteiger partial charge in [-0.2, -0.15) is 8.78 Å². The van der Waals surface area contributed by atoms with Gasteiger partial charge in [-0.05, 0) is 50.1 Å². The molecule has 0 amide bonds. The van der Waals surface area contributed by atoms with Crippen molar-refractivity contribution in [1.82, 2.24) is 5.32 Å². The number of halogens is 2. The average Bonchev–Trinajstić information content (AvgIpc) is 2.39. The third-order valence-corrected chi connectivity index (χ3v) is 3.53. The Labute approximate surface area is 106 Å². The van der Waals surface area contributed by atoms with Gasteiger partial charge in [0.15, 0.2) is 0 Å². The maximum atomic E-state index is 14.4. The molecule has 2 rings (SSSR count). The van der Waals surface area contributed by atoms with Gasteiger partial charge in [0, 0.05) is 5.56 Å². The minimum Gasteiger partial charge on any atom is -0.496 e. The molecule has 100 valence electrons. The Balaban J connectivity index is 2.25. The minimum atomic E-state index is -2.82. The zero-order chi connectivity index (χ0) is 13.2. The first-order valence-corrected chi connectivity index (χ1v) is 6.32. The number of methoxy groups -OCH3 is 1. The Morgan fingerprint density at radius 2 is 2.11 bits per heavy atom. The van der Waals surface area contributed by atoms with Crippen LogP contribution in [-0.4, -0.2) is 19.7 Å². The molecule has 4 heteroatoms. The number of hydrogen-bond acceptors (Lipinski definition) is 2. The monoisotopic (exact) mass is 255 g/mol. The highest BCUT2D eigenvalue weighted by molar-refractivity contribution is 5.38. The van der Waals surface area contributed by atoms with E-state index < -0.39 is 12.0 Å². The van der Waals surface area contributed by atoms with Crippen LogP contribution in [-0.2, 0) is 5.92 Å². The molecule has 0 saturated carbocycles. The predicted octanol–water partition coefficient (Wildman–Crippen LogP) is 3.24. The Morgan fingerprint density at radius 3 is 2.67 bits per heavy atom. The summed E-state index contributed by atoms with van der Waals surface area (Å²) in [4.78, 5) is 0. The molecule has 1 unspecified atom stereocenters. The van der Waals surface area contributed by atoms with Crippen LogP contribution in [0, 0.1) is 6.92 Å². The van der Waals surface area contributed by atoms with Crippen LogP contribution in [0.1, 0.15) is 30.4 Å². The van der Waals surface area contributed by atoms with Crippen molar-refractivity contribution >= 4 is 0 Å². The van der Waals surface area contributed by atoms with Crippen molar-refractivity contribution in [3.63, 3.8) is 0 Å². The zero-order valence-corrected chi connectivity index (χ0v) is 10.8. The van der Waals surface area contributed by atoms with Crippen LogP contribution in [0.25, 0.3) is 0 Å². The van der Waals surface area contributed by atoms with Gasteiger partial charge in [-0.25, -0.2) is 0 Å². The van der Waals surface area contributed by atoms with E-state index in [1.54, 1.807) is 20.1 Å². The van der Waals surface area contributed by atoms with Crippen LogP contribution in [0.3, 0.4) is 0 Å². The van der Waals surface area contributed by atoms with E-state index in [1.165, 1.54) is 12.1 Å². The fourth-order valence-electron chi connectivity index (χ4n) is 2.45. The second kappa shape index (κ2) is 5.22. The van der Waals surface area contributed by atoms with Crippen molar-refractivity contribution in [2.75, 3.05) is 13.7 Å². The number of piperidine rings is 1. The van der Waals surface area contributed by atoms with Gasteiger partial charge < -0.3 is 10.1 Å². The zero-order valence-electron chi connectivity index (χ0n) is 10.8. The molecule has 1 atom stereocenters. The maximum Gasteiger partial charge on any atom is 0.288 e. The molecule has 18 heavy (non-hydrogen) atoms. The lowest BCUT2D eigenvalue weighted by atomic mass is 9.93. The Bertz CT molecular complexity index is 414. The molecule has 2 nitrogen and oxygen atoms in total. The summed E-state index contributed by atoms with van der Waals surface area (Å²) in [5.74, 6) is -2.18. The van der Waals surface area contributed by atoms with Crippen molar-refractivity contribution in [1.29, 1.82) is 0 Å². The third kappa shape index (κ3) is 2.48. The Hall–Kier alpha value is -1.16. The molecule has 1 fully saturated rings. The maximum absolute atomic E-state index is 14.4. The van der Waals surface area contributed by atoms with E-state index in [4.69, 9.17) is 4.74 Å². The normalized spacial score (nSPS) is 20.8. The van der Waals surface area contributed by atoms with Gasteiger partial charge in [0.2, 0.25) is 0 Å². The highest BCUT2D eigenvalue weighted by atomic mass is 19.3. The minimum absolute atomic E-state index is 0.0696. The number of nitrogens with one attached hydrogen (secondary N) is 1. The second-order valence-corrected chi connectivity index (χ2v) is 4.81. The van der Waals surface area contributed by atoms with Gasteiger partial charge in [-0.15, -0.1) is 0 Å². The van der Waals surface area contributed by atoms with E-state index in [2.05, 4.69) is 5.32 Å². The molecule has 0 spiro atoms. The van der Waals surface area contributed by atoms with Gasteiger partial charge in [0.05, 0.1) is 13.2 Å². The third-order valence-electron chi connectivity index (χ3n) is 3.53. The summed E-state index contributed by atoms with van der Waals surface area (Å²) in [6.07, 6.45) is 2.37. The van der Waals surface area contributed by atoms with Gasteiger partial charge in [0.25, 0.3) is 5.92 Å². The van der Waals surface area contributed by atoms with Gasteiger partial charge >= 0.3 is 0 Å². The largest absolute Gasteiger partial charge is 0.496 e. The number of hydrogen-bond donors (Lipinski definition) is 1. The molecule has 0 radical (unpaired) electrons. The number of aryl methyl sites for hydroxylation is 1. The standard InChI is InChI=1S/C14H19F2NO/c1-10-9-11(6-7-12(10)18-2)14(15,16)13-5-3-4-8-17-13/h6-7,9,13,17H,3-5,8H2,1-2H3. The molecular weight excluding hydrogens is 236 g/mol. The smallest absolute Gasteiger partial charge is 0.288 e. The van der Waals surface area contributed by atoms with E-state index in [0.717, 1.165) is 18.4 Å². The van der Waals surface area contributed by atoms with Crippen LogP contribution in [0.15, 0.2) is 18.2 Å². The van der Waals surface area contributed by atoms with Crippen molar-refractivity contribution in [2.24, 2.45) is 0 Å². The molecule has 1 N–H and O–H groups in total. The summed E-state index contributed by atoms with van der Waals surface area (Å²) in [7, 11) is 1.54. The van der Waals surface area contributed by atoms with Gasteiger partial charge in [0.1, 0.15) is 5.75 Å². The Morgan fingerprint density at radius 1 is 1.33 bits per heavy atom. The summed E-state index contributed by atoms with van der Waals surface area (Å²) >= 11 is 0. The predicted molar refractivity (Wildman–Crippen MR) is 67.3 cm³/mol. The lowest BCUT2D eigenvalue weighted by molar-refractivity contribution is -0.0513. The van der Waals surface area contributed by atoms with Crippen molar-refractivity contribution in [2.45, 2.75) is 38.2 Å². The lowest BCUT2D eigenvalue weighted by Gasteiger charge is -2.31. The van der Waals surface area contributed by atoms with E-state index in [1.807, 2.05) is 0 Å². The fourth-order valence-corrected chi connectivity index (χ4v) is 2.45. The van der Waals surface area contributed by atoms with Crippen LogP contribution < -0.4 is 10.1 Å². The van der Waals surface area contributed by atoms with Crippen molar-refractivity contribution in [3.8, 4) is 5.75 Å². The van der Waals surface area contributed by atoms with Crippen LogP contribution in [0.5, 0.6) is 5.75 Å². The number of alkyl halides is 2.